The van der Waals surface area contributed by atoms with Crippen molar-refractivity contribution in [3.05, 3.63) is 51.0 Å². The zero-order chi connectivity index (χ0) is 16.0. The molecule has 1 N–H and O–H groups in total. The lowest BCUT2D eigenvalue weighted by atomic mass is 10.2. The molecule has 0 unspecified atom stereocenters. The van der Waals surface area contributed by atoms with Gasteiger partial charge in [-0.05, 0) is 25.1 Å². The maximum Gasteiger partial charge on any atom is 0.258 e. The van der Waals surface area contributed by atoms with Crippen LogP contribution in [0.2, 0.25) is 5.02 Å². The fourth-order valence-corrected chi connectivity index (χ4v) is 3.11. The van der Waals surface area contributed by atoms with Crippen LogP contribution in [0, 0.1) is 6.92 Å². The highest BCUT2D eigenvalue weighted by molar-refractivity contribution is 6.31. The van der Waals surface area contributed by atoms with Gasteiger partial charge < -0.3 is 9.55 Å². The summed E-state index contributed by atoms with van der Waals surface area (Å²) in [5.74, 6) is 2.53. The summed E-state index contributed by atoms with van der Waals surface area (Å²) < 4.78 is 2.12. The Morgan fingerprint density at radius 1 is 1.30 bits per heavy atom. The van der Waals surface area contributed by atoms with Crippen molar-refractivity contribution in [1.29, 1.82) is 0 Å². The van der Waals surface area contributed by atoms with Gasteiger partial charge in [-0.1, -0.05) is 11.6 Å². The fraction of sp³-hybridized carbons (Fsp3) is 0.333. The largest absolute Gasteiger partial charge is 0.313 e. The molecule has 0 amide bonds. The number of aromatic nitrogens is 5. The molecule has 1 aliphatic rings. The van der Waals surface area contributed by atoms with E-state index < -0.39 is 0 Å². The molecule has 4 rings (SSSR count). The second-order valence-corrected chi connectivity index (χ2v) is 6.14. The number of benzene rings is 1. The number of aromatic amines is 1. The van der Waals surface area contributed by atoms with Crippen LogP contribution in [0.15, 0.2) is 23.0 Å². The third-order valence-corrected chi connectivity index (χ3v) is 4.34. The maximum atomic E-state index is 12.2. The van der Waals surface area contributed by atoms with Crippen LogP contribution in [-0.4, -0.2) is 36.2 Å². The summed E-state index contributed by atoms with van der Waals surface area (Å²) in [5, 5.41) is 9.33. The quantitative estimate of drug-likeness (QED) is 0.770. The number of halogens is 1. The third kappa shape index (κ3) is 2.62. The van der Waals surface area contributed by atoms with Gasteiger partial charge in [-0.3, -0.25) is 9.69 Å². The summed E-state index contributed by atoms with van der Waals surface area (Å²) in [6, 6.07) is 5.15. The Hall–Kier alpha value is -2.25. The number of hydrogen-bond acceptors (Lipinski definition) is 5. The molecule has 3 heterocycles. The van der Waals surface area contributed by atoms with Crippen LogP contribution >= 0.6 is 11.6 Å². The first-order valence-electron chi connectivity index (χ1n) is 7.39. The molecule has 2 aromatic heterocycles. The SMILES string of the molecule is Cc1nnc2n1CCN(Cc1nc3ccc(Cl)cc3c(=O)[nH]1)C2. The van der Waals surface area contributed by atoms with E-state index in [9.17, 15) is 4.79 Å². The third-order valence-electron chi connectivity index (χ3n) is 4.11. The van der Waals surface area contributed by atoms with Crippen LogP contribution < -0.4 is 5.56 Å². The van der Waals surface area contributed by atoms with Crippen molar-refractivity contribution >= 4 is 22.5 Å². The molecule has 0 saturated heterocycles. The van der Waals surface area contributed by atoms with Crippen LogP contribution in [0.4, 0.5) is 0 Å². The summed E-state index contributed by atoms with van der Waals surface area (Å²) in [6.45, 7) is 4.94. The van der Waals surface area contributed by atoms with Crippen LogP contribution in [0.3, 0.4) is 0 Å². The van der Waals surface area contributed by atoms with Crippen LogP contribution in [0.5, 0.6) is 0 Å². The summed E-state index contributed by atoms with van der Waals surface area (Å²) in [5.41, 5.74) is 0.493. The van der Waals surface area contributed by atoms with E-state index in [1.807, 2.05) is 6.92 Å². The number of aryl methyl sites for hydroxylation is 1. The highest BCUT2D eigenvalue weighted by atomic mass is 35.5. The van der Waals surface area contributed by atoms with Gasteiger partial charge in [0.05, 0.1) is 24.0 Å². The molecule has 1 aromatic carbocycles. The predicted molar refractivity (Wildman–Crippen MR) is 86.2 cm³/mol. The molecule has 0 radical (unpaired) electrons. The van der Waals surface area contributed by atoms with E-state index in [1.54, 1.807) is 18.2 Å². The molecule has 118 valence electrons. The second-order valence-electron chi connectivity index (χ2n) is 5.70. The molecule has 0 aliphatic carbocycles. The number of rotatable bonds is 2. The Balaban J connectivity index is 1.61. The zero-order valence-corrected chi connectivity index (χ0v) is 13.3. The van der Waals surface area contributed by atoms with E-state index in [-0.39, 0.29) is 5.56 Å². The number of fused-ring (bicyclic) bond motifs is 2. The van der Waals surface area contributed by atoms with Gasteiger partial charge in [0.15, 0.2) is 0 Å². The van der Waals surface area contributed by atoms with Gasteiger partial charge in [-0.25, -0.2) is 4.98 Å². The summed E-state index contributed by atoms with van der Waals surface area (Å²) in [4.78, 5) is 21.8. The van der Waals surface area contributed by atoms with Gasteiger partial charge in [-0.2, -0.15) is 0 Å². The van der Waals surface area contributed by atoms with Crippen LogP contribution in [0.25, 0.3) is 10.9 Å². The lowest BCUT2D eigenvalue weighted by molar-refractivity contribution is 0.203. The highest BCUT2D eigenvalue weighted by Crippen LogP contribution is 2.16. The minimum Gasteiger partial charge on any atom is -0.313 e. The summed E-state index contributed by atoms with van der Waals surface area (Å²) in [6.07, 6.45) is 0. The monoisotopic (exact) mass is 330 g/mol. The fourth-order valence-electron chi connectivity index (χ4n) is 2.93. The average molecular weight is 331 g/mol. The van der Waals surface area contributed by atoms with Crippen molar-refractivity contribution < 1.29 is 0 Å². The number of nitrogens with one attached hydrogen (secondary N) is 1. The number of hydrogen-bond donors (Lipinski definition) is 1. The Labute approximate surface area is 136 Å². The predicted octanol–water partition coefficient (Wildman–Crippen LogP) is 1.49. The van der Waals surface area contributed by atoms with Crippen LogP contribution in [0.1, 0.15) is 17.5 Å². The number of nitrogens with zero attached hydrogens (tertiary/aromatic N) is 5. The van der Waals surface area contributed by atoms with E-state index in [2.05, 4.69) is 29.6 Å². The lowest BCUT2D eigenvalue weighted by Gasteiger charge is -2.26. The van der Waals surface area contributed by atoms with Gasteiger partial charge in [0, 0.05) is 18.1 Å². The first-order valence-corrected chi connectivity index (χ1v) is 7.77. The van der Waals surface area contributed by atoms with Crippen molar-refractivity contribution in [1.82, 2.24) is 29.6 Å². The first-order chi connectivity index (χ1) is 11.1. The molecular formula is C15H15ClN6O. The van der Waals surface area contributed by atoms with Gasteiger partial charge >= 0.3 is 0 Å². The molecule has 0 bridgehead atoms. The molecule has 0 fully saturated rings. The molecule has 8 heteroatoms. The topological polar surface area (TPSA) is 79.7 Å². The minimum atomic E-state index is -0.163. The summed E-state index contributed by atoms with van der Waals surface area (Å²) >= 11 is 5.93. The zero-order valence-electron chi connectivity index (χ0n) is 12.6. The van der Waals surface area contributed by atoms with Gasteiger partial charge in [0.1, 0.15) is 17.5 Å². The Morgan fingerprint density at radius 3 is 3.04 bits per heavy atom. The molecule has 0 saturated carbocycles. The molecule has 7 nitrogen and oxygen atoms in total. The summed E-state index contributed by atoms with van der Waals surface area (Å²) in [7, 11) is 0. The van der Waals surface area contributed by atoms with Crippen molar-refractivity contribution in [2.45, 2.75) is 26.6 Å². The van der Waals surface area contributed by atoms with Crippen molar-refractivity contribution in [2.75, 3.05) is 6.54 Å². The normalized spacial score (nSPS) is 15.0. The molecule has 0 spiro atoms. The van der Waals surface area contributed by atoms with Crippen molar-refractivity contribution in [3.63, 3.8) is 0 Å². The van der Waals surface area contributed by atoms with E-state index in [1.165, 1.54) is 0 Å². The second kappa shape index (κ2) is 5.43. The van der Waals surface area contributed by atoms with E-state index in [0.29, 0.717) is 34.8 Å². The molecular weight excluding hydrogens is 316 g/mol. The van der Waals surface area contributed by atoms with Crippen LogP contribution in [-0.2, 0) is 19.6 Å². The first kappa shape index (κ1) is 14.3. The number of H-pyrrole nitrogens is 1. The van der Waals surface area contributed by atoms with Gasteiger partial charge in [0.25, 0.3) is 5.56 Å². The Morgan fingerprint density at radius 2 is 2.17 bits per heavy atom. The molecule has 23 heavy (non-hydrogen) atoms. The maximum absolute atomic E-state index is 12.2. The minimum absolute atomic E-state index is 0.163. The van der Waals surface area contributed by atoms with Gasteiger partial charge in [-0.15, -0.1) is 10.2 Å². The standard InChI is InChI=1S/C15H15ClN6O/c1-9-19-20-14-8-21(4-5-22(9)14)7-13-17-12-3-2-10(16)6-11(12)15(23)18-13/h2-3,6H,4-5,7-8H2,1H3,(H,17,18,23). The van der Waals surface area contributed by atoms with E-state index in [0.717, 1.165) is 24.7 Å². The van der Waals surface area contributed by atoms with Crippen molar-refractivity contribution in [3.8, 4) is 0 Å². The highest BCUT2D eigenvalue weighted by Gasteiger charge is 2.20. The lowest BCUT2D eigenvalue weighted by Crippen LogP contribution is -2.34. The van der Waals surface area contributed by atoms with E-state index >= 15 is 0 Å². The smallest absolute Gasteiger partial charge is 0.258 e. The Kier molecular flexibility index (Phi) is 3.39. The molecule has 0 atom stereocenters. The molecule has 3 aromatic rings. The molecule has 1 aliphatic heterocycles. The van der Waals surface area contributed by atoms with Crippen molar-refractivity contribution in [2.24, 2.45) is 0 Å². The Bertz CT molecular complexity index is 947. The average Bonchev–Trinajstić information content (AvgIpc) is 2.89. The van der Waals surface area contributed by atoms with E-state index in [4.69, 9.17) is 11.6 Å². The van der Waals surface area contributed by atoms with Gasteiger partial charge in [0.2, 0.25) is 0 Å².